The van der Waals surface area contributed by atoms with E-state index in [4.69, 9.17) is 4.52 Å². The molecule has 1 unspecified atom stereocenters. The van der Waals surface area contributed by atoms with Gasteiger partial charge in [-0.15, -0.1) is 0 Å². The van der Waals surface area contributed by atoms with Gasteiger partial charge in [0.05, 0.1) is 0 Å². The normalized spacial score (nSPS) is 16.0. The van der Waals surface area contributed by atoms with Gasteiger partial charge in [0.2, 0.25) is 0 Å². The van der Waals surface area contributed by atoms with Crippen LogP contribution in [0.25, 0.3) is 10.8 Å². The second kappa shape index (κ2) is 9.24. The lowest BCUT2D eigenvalue weighted by Gasteiger charge is -2.31. The molecule has 1 aliphatic heterocycles. The van der Waals surface area contributed by atoms with Crippen LogP contribution in [0.5, 0.6) is 0 Å². The zero-order valence-corrected chi connectivity index (χ0v) is 18.1. The summed E-state index contributed by atoms with van der Waals surface area (Å²) >= 11 is 0. The highest BCUT2D eigenvalue weighted by atomic mass is 16.5. The molecular formula is C26H24N4O3. The molecule has 1 N–H and O–H groups in total. The Balaban J connectivity index is 1.24. The van der Waals surface area contributed by atoms with Crippen LogP contribution in [0, 0.1) is 0 Å². The lowest BCUT2D eigenvalue weighted by molar-refractivity contribution is 0.0698. The van der Waals surface area contributed by atoms with Gasteiger partial charge in [-0.25, -0.2) is 0 Å². The molecule has 4 aromatic rings. The van der Waals surface area contributed by atoms with Crippen molar-refractivity contribution in [1.29, 1.82) is 0 Å². The first-order valence-corrected chi connectivity index (χ1v) is 11.1. The third-order valence-corrected chi connectivity index (χ3v) is 6.04. The molecule has 2 amide bonds. The van der Waals surface area contributed by atoms with Crippen molar-refractivity contribution in [3.05, 3.63) is 95.6 Å². The lowest BCUT2D eigenvalue weighted by Crippen LogP contribution is -2.39. The molecule has 2 aromatic heterocycles. The minimum atomic E-state index is -0.297. The summed E-state index contributed by atoms with van der Waals surface area (Å²) in [6, 6.07) is 19.2. The Morgan fingerprint density at radius 1 is 1.06 bits per heavy atom. The van der Waals surface area contributed by atoms with Crippen LogP contribution in [0.4, 0.5) is 0 Å². The van der Waals surface area contributed by atoms with Crippen LogP contribution in [0.2, 0.25) is 0 Å². The van der Waals surface area contributed by atoms with E-state index in [0.717, 1.165) is 29.2 Å². The highest BCUT2D eigenvalue weighted by molar-refractivity contribution is 5.98. The minimum Gasteiger partial charge on any atom is -0.360 e. The van der Waals surface area contributed by atoms with Crippen molar-refractivity contribution in [2.45, 2.75) is 25.3 Å². The number of carbonyl (C=O) groups excluding carboxylic acids is 2. The minimum absolute atomic E-state index is 0.00975. The second-order valence-electron chi connectivity index (χ2n) is 8.31. The van der Waals surface area contributed by atoms with Gasteiger partial charge in [-0.2, -0.15) is 0 Å². The standard InChI is InChI=1S/C26H24N4O3/c31-25(28-16-18-5-3-11-27-15-18)23-14-24(33-29-23)22-8-4-12-30(17-22)26(32)21-10-9-19-6-1-2-7-20(19)13-21/h1-3,5-7,9-11,13-15,22H,4,8,12,16-17H2,(H,28,31). The second-order valence-corrected chi connectivity index (χ2v) is 8.31. The monoisotopic (exact) mass is 440 g/mol. The van der Waals surface area contributed by atoms with Crippen molar-refractivity contribution in [2.75, 3.05) is 13.1 Å². The van der Waals surface area contributed by atoms with E-state index in [-0.39, 0.29) is 23.4 Å². The number of rotatable bonds is 5. The van der Waals surface area contributed by atoms with Crippen molar-refractivity contribution >= 4 is 22.6 Å². The first kappa shape index (κ1) is 20.9. The Kier molecular flexibility index (Phi) is 5.85. The largest absolute Gasteiger partial charge is 0.360 e. The van der Waals surface area contributed by atoms with E-state index in [1.54, 1.807) is 18.5 Å². The summed E-state index contributed by atoms with van der Waals surface area (Å²) in [6.45, 7) is 1.61. The molecule has 1 saturated heterocycles. The van der Waals surface area contributed by atoms with E-state index in [2.05, 4.69) is 15.5 Å². The summed E-state index contributed by atoms with van der Waals surface area (Å²) in [6.07, 6.45) is 5.14. The van der Waals surface area contributed by atoms with Crippen LogP contribution in [0.1, 0.15) is 50.9 Å². The maximum absolute atomic E-state index is 13.2. The number of nitrogens with one attached hydrogen (secondary N) is 1. The molecular weight excluding hydrogens is 416 g/mol. The van der Waals surface area contributed by atoms with Gasteiger partial charge in [0.25, 0.3) is 11.8 Å². The highest BCUT2D eigenvalue weighted by Crippen LogP contribution is 2.29. The van der Waals surface area contributed by atoms with Gasteiger partial charge in [-0.1, -0.05) is 41.6 Å². The van der Waals surface area contributed by atoms with E-state index in [1.807, 2.05) is 59.5 Å². The number of hydrogen-bond acceptors (Lipinski definition) is 5. The summed E-state index contributed by atoms with van der Waals surface area (Å²) in [5, 5.41) is 8.95. The number of hydrogen-bond donors (Lipinski definition) is 1. The maximum Gasteiger partial charge on any atom is 0.273 e. The predicted molar refractivity (Wildman–Crippen MR) is 124 cm³/mol. The summed E-state index contributed by atoms with van der Waals surface area (Å²) in [5.74, 6) is 0.362. The molecule has 3 heterocycles. The number of likely N-dealkylation sites (tertiary alicyclic amines) is 1. The van der Waals surface area contributed by atoms with Crippen LogP contribution in [-0.4, -0.2) is 39.9 Å². The zero-order chi connectivity index (χ0) is 22.6. The summed E-state index contributed by atoms with van der Waals surface area (Å²) in [4.78, 5) is 31.5. The molecule has 1 aliphatic rings. The van der Waals surface area contributed by atoms with E-state index in [1.165, 1.54) is 0 Å². The summed E-state index contributed by atoms with van der Waals surface area (Å²) < 4.78 is 5.51. The van der Waals surface area contributed by atoms with Crippen molar-refractivity contribution in [3.8, 4) is 0 Å². The van der Waals surface area contributed by atoms with Gasteiger partial charge in [-0.05, 0) is 47.4 Å². The van der Waals surface area contributed by atoms with Crippen molar-refractivity contribution in [3.63, 3.8) is 0 Å². The summed E-state index contributed by atoms with van der Waals surface area (Å²) in [7, 11) is 0. The van der Waals surface area contributed by atoms with E-state index < -0.39 is 0 Å². The SMILES string of the molecule is O=C(NCc1cccnc1)c1cc(C2CCCN(C(=O)c3ccc4ccccc4c3)C2)on1. The highest BCUT2D eigenvalue weighted by Gasteiger charge is 2.28. The lowest BCUT2D eigenvalue weighted by atomic mass is 9.94. The molecule has 1 fully saturated rings. The molecule has 1 atom stereocenters. The molecule has 5 rings (SSSR count). The number of aromatic nitrogens is 2. The quantitative estimate of drug-likeness (QED) is 0.503. The molecule has 2 aromatic carbocycles. The predicted octanol–water partition coefficient (Wildman–Crippen LogP) is 4.17. The van der Waals surface area contributed by atoms with E-state index >= 15 is 0 Å². The molecule has 33 heavy (non-hydrogen) atoms. The van der Waals surface area contributed by atoms with Crippen LogP contribution in [-0.2, 0) is 6.54 Å². The average Bonchev–Trinajstić information content (AvgIpc) is 3.38. The Morgan fingerprint density at radius 3 is 2.79 bits per heavy atom. The number of carbonyl (C=O) groups is 2. The van der Waals surface area contributed by atoms with E-state index in [9.17, 15) is 9.59 Å². The molecule has 0 aliphatic carbocycles. The number of piperidine rings is 1. The Hall–Kier alpha value is -4.00. The first-order valence-electron chi connectivity index (χ1n) is 11.1. The fourth-order valence-corrected chi connectivity index (χ4v) is 4.26. The van der Waals surface area contributed by atoms with Crippen molar-refractivity contribution < 1.29 is 14.1 Å². The third kappa shape index (κ3) is 4.62. The number of nitrogens with zero attached hydrogens (tertiary/aromatic N) is 3. The van der Waals surface area contributed by atoms with Gasteiger partial charge in [0.15, 0.2) is 5.69 Å². The smallest absolute Gasteiger partial charge is 0.273 e. The van der Waals surface area contributed by atoms with Gasteiger partial charge in [0, 0.05) is 49.6 Å². The molecule has 166 valence electrons. The summed E-state index contributed by atoms with van der Waals surface area (Å²) in [5.41, 5.74) is 1.83. The van der Waals surface area contributed by atoms with Gasteiger partial charge in [0.1, 0.15) is 5.76 Å². The van der Waals surface area contributed by atoms with Crippen LogP contribution in [0.15, 0.2) is 77.6 Å². The topological polar surface area (TPSA) is 88.3 Å². The van der Waals surface area contributed by atoms with Crippen molar-refractivity contribution in [1.82, 2.24) is 20.4 Å². The molecule has 0 bridgehead atoms. The maximum atomic E-state index is 13.2. The number of pyridine rings is 1. The molecule has 0 radical (unpaired) electrons. The zero-order valence-electron chi connectivity index (χ0n) is 18.1. The van der Waals surface area contributed by atoms with Gasteiger partial charge in [-0.3, -0.25) is 14.6 Å². The Morgan fingerprint density at radius 2 is 1.94 bits per heavy atom. The number of amides is 2. The third-order valence-electron chi connectivity index (χ3n) is 6.04. The van der Waals surface area contributed by atoms with E-state index in [0.29, 0.717) is 31.0 Å². The Labute approximate surface area is 191 Å². The van der Waals surface area contributed by atoms with Crippen LogP contribution in [0.3, 0.4) is 0 Å². The molecule has 7 nitrogen and oxygen atoms in total. The Bertz CT molecular complexity index is 1280. The molecule has 0 saturated carbocycles. The van der Waals surface area contributed by atoms with Gasteiger partial charge >= 0.3 is 0 Å². The average molecular weight is 441 g/mol. The van der Waals surface area contributed by atoms with Crippen LogP contribution >= 0.6 is 0 Å². The number of fused-ring (bicyclic) bond motifs is 1. The van der Waals surface area contributed by atoms with Gasteiger partial charge < -0.3 is 14.7 Å². The number of benzene rings is 2. The first-order chi connectivity index (χ1) is 16.2. The van der Waals surface area contributed by atoms with Crippen LogP contribution < -0.4 is 5.32 Å². The molecule has 0 spiro atoms. The molecule has 7 heteroatoms. The fourth-order valence-electron chi connectivity index (χ4n) is 4.26. The fraction of sp³-hybridized carbons (Fsp3) is 0.231. The van der Waals surface area contributed by atoms with Crippen molar-refractivity contribution in [2.24, 2.45) is 0 Å².